The van der Waals surface area contributed by atoms with Crippen LogP contribution in [0, 0.1) is 6.92 Å². The molecule has 0 amide bonds. The Morgan fingerprint density at radius 2 is 1.63 bits per heavy atom. The summed E-state index contributed by atoms with van der Waals surface area (Å²) < 4.78 is 45.2. The maximum absolute atomic E-state index is 12.7. The number of hydrogen-bond acceptors (Lipinski definition) is 3. The molecule has 158 valence electrons. The quantitative estimate of drug-likeness (QED) is 0.637. The molecule has 0 aliphatic heterocycles. The van der Waals surface area contributed by atoms with E-state index in [1.165, 1.54) is 22.8 Å². The van der Waals surface area contributed by atoms with Crippen LogP contribution in [0.1, 0.15) is 25.0 Å². The number of ether oxygens (including phenoxy) is 1. The van der Waals surface area contributed by atoms with Crippen molar-refractivity contribution in [3.63, 3.8) is 0 Å². The topological polar surface area (TPSA) is 51.5 Å². The molecule has 1 aromatic heterocycles. The van der Waals surface area contributed by atoms with E-state index in [0.717, 1.165) is 17.7 Å². The number of halogens is 3. The Morgan fingerprint density at radius 1 is 0.967 bits per heavy atom. The molecule has 0 bridgehead atoms. The number of aryl methyl sites for hydroxylation is 1. The van der Waals surface area contributed by atoms with Gasteiger partial charge in [0.1, 0.15) is 12.4 Å². The minimum Gasteiger partial charge on any atom is -0.490 e. The van der Waals surface area contributed by atoms with E-state index in [-0.39, 0.29) is 12.2 Å². The van der Waals surface area contributed by atoms with Crippen molar-refractivity contribution in [1.29, 1.82) is 0 Å². The van der Waals surface area contributed by atoms with Gasteiger partial charge in [0.05, 0.1) is 11.2 Å². The summed E-state index contributed by atoms with van der Waals surface area (Å²) in [7, 11) is 0. The highest BCUT2D eigenvalue weighted by Gasteiger charge is 2.30. The van der Waals surface area contributed by atoms with Crippen LogP contribution in [0.5, 0.6) is 5.75 Å². The third-order valence-corrected chi connectivity index (χ3v) is 4.48. The predicted octanol–water partition coefficient (Wildman–Crippen LogP) is 4.98. The van der Waals surface area contributed by atoms with Gasteiger partial charge in [-0.25, -0.2) is 0 Å². The molecule has 0 spiro atoms. The molecule has 0 radical (unpaired) electrons. The molecule has 3 aromatic rings. The normalized spacial score (nSPS) is 12.1. The van der Waals surface area contributed by atoms with E-state index >= 15 is 0 Å². The fourth-order valence-corrected chi connectivity index (χ4v) is 2.92. The van der Waals surface area contributed by atoms with E-state index in [1.54, 1.807) is 44.3 Å². The minimum atomic E-state index is -4.40. The SMILES string of the molecule is Cc1cc(-n2ccc(-c3ccc(C(F)(F)F)cc3)cc2=O)ccc1OCC(C)(C)O. The highest BCUT2D eigenvalue weighted by atomic mass is 19.4. The summed E-state index contributed by atoms with van der Waals surface area (Å²) in [6.45, 7) is 5.27. The van der Waals surface area contributed by atoms with E-state index in [0.29, 0.717) is 22.6 Å². The Balaban J connectivity index is 1.85. The lowest BCUT2D eigenvalue weighted by molar-refractivity contribution is -0.137. The van der Waals surface area contributed by atoms with Gasteiger partial charge in [-0.2, -0.15) is 13.2 Å². The number of hydrogen-bond donors (Lipinski definition) is 1. The number of aromatic nitrogens is 1. The van der Waals surface area contributed by atoms with E-state index in [1.807, 2.05) is 6.92 Å². The first kappa shape index (κ1) is 21.6. The Hall–Kier alpha value is -3.06. The summed E-state index contributed by atoms with van der Waals surface area (Å²) >= 11 is 0. The Morgan fingerprint density at radius 3 is 2.17 bits per heavy atom. The lowest BCUT2D eigenvalue weighted by Gasteiger charge is -2.19. The second kappa shape index (κ2) is 7.99. The standard InChI is InChI=1S/C23H22F3NO3/c1-15-12-19(8-9-20(15)30-14-22(2,3)29)27-11-10-17(13-21(27)28)16-4-6-18(7-5-16)23(24,25)26/h4-13,29H,14H2,1-3H3. The van der Waals surface area contributed by atoms with Gasteiger partial charge in [0, 0.05) is 18.0 Å². The van der Waals surface area contributed by atoms with Crippen LogP contribution in [-0.2, 0) is 6.18 Å². The van der Waals surface area contributed by atoms with Crippen LogP contribution in [0.25, 0.3) is 16.8 Å². The van der Waals surface area contributed by atoms with Gasteiger partial charge < -0.3 is 9.84 Å². The molecule has 0 saturated carbocycles. The van der Waals surface area contributed by atoms with Crippen LogP contribution in [0.2, 0.25) is 0 Å². The molecule has 0 unspecified atom stereocenters. The summed E-state index contributed by atoms with van der Waals surface area (Å²) in [5.74, 6) is 0.607. The zero-order valence-electron chi connectivity index (χ0n) is 16.8. The van der Waals surface area contributed by atoms with Crippen LogP contribution in [0.3, 0.4) is 0 Å². The zero-order chi connectivity index (χ0) is 22.1. The lowest BCUT2D eigenvalue weighted by Crippen LogP contribution is -2.28. The second-order valence-electron chi connectivity index (χ2n) is 7.75. The lowest BCUT2D eigenvalue weighted by atomic mass is 10.0. The molecular weight excluding hydrogens is 395 g/mol. The largest absolute Gasteiger partial charge is 0.490 e. The van der Waals surface area contributed by atoms with Gasteiger partial charge in [0.15, 0.2) is 0 Å². The third-order valence-electron chi connectivity index (χ3n) is 4.48. The number of nitrogens with zero attached hydrogens (tertiary/aromatic N) is 1. The molecular formula is C23H22F3NO3. The van der Waals surface area contributed by atoms with Gasteiger partial charge in [-0.05, 0) is 73.9 Å². The average molecular weight is 417 g/mol. The van der Waals surface area contributed by atoms with Crippen molar-refractivity contribution in [2.24, 2.45) is 0 Å². The van der Waals surface area contributed by atoms with Crippen molar-refractivity contribution in [1.82, 2.24) is 4.57 Å². The zero-order valence-corrected chi connectivity index (χ0v) is 16.8. The van der Waals surface area contributed by atoms with Crippen LogP contribution in [-0.4, -0.2) is 21.9 Å². The third kappa shape index (κ3) is 5.10. The molecule has 0 atom stereocenters. The Kier molecular flexibility index (Phi) is 5.76. The predicted molar refractivity (Wildman–Crippen MR) is 109 cm³/mol. The summed E-state index contributed by atoms with van der Waals surface area (Å²) in [6.07, 6.45) is -2.82. The van der Waals surface area contributed by atoms with Crippen molar-refractivity contribution < 1.29 is 23.0 Å². The maximum atomic E-state index is 12.7. The molecule has 0 saturated heterocycles. The minimum absolute atomic E-state index is 0.134. The smallest absolute Gasteiger partial charge is 0.416 e. The summed E-state index contributed by atoms with van der Waals surface area (Å²) in [5.41, 5.74) is 0.489. The molecule has 7 heteroatoms. The van der Waals surface area contributed by atoms with Crippen LogP contribution < -0.4 is 10.3 Å². The molecule has 0 aliphatic rings. The van der Waals surface area contributed by atoms with Crippen LogP contribution >= 0.6 is 0 Å². The fourth-order valence-electron chi connectivity index (χ4n) is 2.92. The van der Waals surface area contributed by atoms with Crippen molar-refractivity contribution >= 4 is 0 Å². The second-order valence-corrected chi connectivity index (χ2v) is 7.75. The molecule has 3 rings (SSSR count). The molecule has 0 aliphatic carbocycles. The molecule has 1 N–H and O–H groups in total. The van der Waals surface area contributed by atoms with Crippen LogP contribution in [0.15, 0.2) is 65.6 Å². The monoisotopic (exact) mass is 417 g/mol. The summed E-state index contributed by atoms with van der Waals surface area (Å²) in [4.78, 5) is 12.6. The number of aliphatic hydroxyl groups is 1. The van der Waals surface area contributed by atoms with E-state index in [2.05, 4.69) is 0 Å². The van der Waals surface area contributed by atoms with E-state index in [4.69, 9.17) is 4.74 Å². The van der Waals surface area contributed by atoms with Crippen molar-refractivity contribution in [2.45, 2.75) is 32.5 Å². The summed E-state index contributed by atoms with van der Waals surface area (Å²) in [5, 5.41) is 9.79. The average Bonchev–Trinajstić information content (AvgIpc) is 2.65. The van der Waals surface area contributed by atoms with Gasteiger partial charge in [0.25, 0.3) is 5.56 Å². The van der Waals surface area contributed by atoms with Gasteiger partial charge in [-0.1, -0.05) is 12.1 Å². The number of alkyl halides is 3. The Bertz CT molecular complexity index is 1090. The van der Waals surface area contributed by atoms with Crippen LogP contribution in [0.4, 0.5) is 13.2 Å². The molecule has 30 heavy (non-hydrogen) atoms. The molecule has 2 aromatic carbocycles. The number of rotatable bonds is 5. The highest BCUT2D eigenvalue weighted by Crippen LogP contribution is 2.31. The maximum Gasteiger partial charge on any atom is 0.416 e. The Labute approximate surface area is 172 Å². The molecule has 1 heterocycles. The van der Waals surface area contributed by atoms with E-state index < -0.39 is 17.3 Å². The highest BCUT2D eigenvalue weighted by molar-refractivity contribution is 5.63. The first-order chi connectivity index (χ1) is 13.9. The van der Waals surface area contributed by atoms with Gasteiger partial charge >= 0.3 is 6.18 Å². The van der Waals surface area contributed by atoms with E-state index in [9.17, 15) is 23.1 Å². The number of pyridine rings is 1. The number of benzene rings is 2. The van der Waals surface area contributed by atoms with Gasteiger partial charge in [-0.15, -0.1) is 0 Å². The van der Waals surface area contributed by atoms with Crippen molar-refractivity contribution in [3.8, 4) is 22.6 Å². The molecule has 0 fully saturated rings. The van der Waals surface area contributed by atoms with Gasteiger partial charge in [-0.3, -0.25) is 9.36 Å². The van der Waals surface area contributed by atoms with Gasteiger partial charge in [0.2, 0.25) is 0 Å². The summed E-state index contributed by atoms with van der Waals surface area (Å²) in [6, 6.07) is 13.0. The van der Waals surface area contributed by atoms with Crippen molar-refractivity contribution in [2.75, 3.05) is 6.61 Å². The fraction of sp³-hybridized carbons (Fsp3) is 0.261. The first-order valence-corrected chi connectivity index (χ1v) is 9.31. The van der Waals surface area contributed by atoms with Crippen molar-refractivity contribution in [3.05, 3.63) is 82.3 Å². The molecule has 4 nitrogen and oxygen atoms in total. The first-order valence-electron chi connectivity index (χ1n) is 9.31.